The van der Waals surface area contributed by atoms with Gasteiger partial charge in [-0.1, -0.05) is 6.07 Å². The van der Waals surface area contributed by atoms with E-state index in [-0.39, 0.29) is 6.03 Å². The largest absolute Gasteiger partial charge is 0.495 e. The van der Waals surface area contributed by atoms with Gasteiger partial charge in [0.15, 0.2) is 0 Å². The van der Waals surface area contributed by atoms with E-state index < -0.39 is 18.3 Å². The van der Waals surface area contributed by atoms with Gasteiger partial charge in [0, 0.05) is 6.54 Å². The zero-order chi connectivity index (χ0) is 19.8. The summed E-state index contributed by atoms with van der Waals surface area (Å²) in [7, 11) is -0.131. The molecule has 1 aromatic rings. The summed E-state index contributed by atoms with van der Waals surface area (Å²) in [6.07, 6.45) is 0. The van der Waals surface area contributed by atoms with Crippen LogP contribution in [0, 0.1) is 0 Å². The molecule has 6 N–H and O–H groups in total. The molecule has 0 saturated carbocycles. The number of carbonyl (C=O) groups excluding carboxylic acids is 1. The fourth-order valence-corrected chi connectivity index (χ4v) is 1.30. The Hall–Kier alpha value is -1.81. The number of methoxy groups -OCH3 is 1. The molecule has 0 aliphatic heterocycles. The summed E-state index contributed by atoms with van der Waals surface area (Å²) in [5.41, 5.74) is -1.26. The van der Waals surface area contributed by atoms with Gasteiger partial charge < -0.3 is 35.6 Å². The molecule has 1 aromatic carbocycles. The summed E-state index contributed by atoms with van der Waals surface area (Å²) < 4.78 is 5.05. The Kier molecular flexibility index (Phi) is 8.92. The number of hydrogen-bond donors (Lipinski definition) is 6. The number of anilines is 1. The van der Waals surface area contributed by atoms with E-state index in [1.165, 1.54) is 19.2 Å². The van der Waals surface area contributed by atoms with Crippen molar-refractivity contribution in [2.24, 2.45) is 0 Å². The number of amides is 2. The molecule has 0 bridgehead atoms. The SMILES string of the molecule is CC(C)(O)C(C)(C)O.CCNC(=O)Nc1ccc(B(O)O)cc1OC. The molecule has 1 rings (SSSR count). The Morgan fingerprint density at radius 1 is 1.16 bits per heavy atom. The topological polar surface area (TPSA) is 131 Å². The number of rotatable bonds is 5. The van der Waals surface area contributed by atoms with Gasteiger partial charge >= 0.3 is 13.1 Å². The quantitative estimate of drug-likeness (QED) is 0.413. The van der Waals surface area contributed by atoms with Crippen LogP contribution in [0.4, 0.5) is 10.5 Å². The van der Waals surface area contributed by atoms with Crippen LogP contribution in [0.2, 0.25) is 0 Å². The van der Waals surface area contributed by atoms with Crippen molar-refractivity contribution in [3.8, 4) is 5.75 Å². The lowest BCUT2D eigenvalue weighted by atomic mass is 9.80. The predicted molar refractivity (Wildman–Crippen MR) is 98.1 cm³/mol. The molecule has 0 radical (unpaired) electrons. The number of benzene rings is 1. The Labute approximate surface area is 149 Å². The van der Waals surface area contributed by atoms with Crippen LogP contribution in [-0.4, -0.2) is 58.3 Å². The van der Waals surface area contributed by atoms with Gasteiger partial charge in [0.2, 0.25) is 0 Å². The van der Waals surface area contributed by atoms with Crippen LogP contribution >= 0.6 is 0 Å². The molecule has 142 valence electrons. The third-order valence-corrected chi connectivity index (χ3v) is 3.61. The molecular formula is C16H29BN2O6. The molecule has 9 heteroatoms. The van der Waals surface area contributed by atoms with Crippen LogP contribution in [0.25, 0.3) is 0 Å². The molecule has 25 heavy (non-hydrogen) atoms. The minimum absolute atomic E-state index is 0.295. The van der Waals surface area contributed by atoms with Gasteiger partial charge in [-0.3, -0.25) is 0 Å². The summed E-state index contributed by atoms with van der Waals surface area (Å²) in [6, 6.07) is 4.15. The van der Waals surface area contributed by atoms with Gasteiger partial charge in [0.25, 0.3) is 0 Å². The van der Waals surface area contributed by atoms with Gasteiger partial charge in [-0.05, 0) is 52.2 Å². The maximum absolute atomic E-state index is 11.3. The monoisotopic (exact) mass is 356 g/mol. The molecule has 8 nitrogen and oxygen atoms in total. The zero-order valence-electron chi connectivity index (χ0n) is 15.6. The van der Waals surface area contributed by atoms with E-state index in [4.69, 9.17) is 25.0 Å². The summed E-state index contributed by atoms with van der Waals surface area (Å²) in [4.78, 5) is 11.3. The van der Waals surface area contributed by atoms with Crippen molar-refractivity contribution in [3.63, 3.8) is 0 Å². The number of urea groups is 1. The first-order chi connectivity index (χ1) is 11.3. The Balaban J connectivity index is 0.000000609. The lowest BCUT2D eigenvalue weighted by Gasteiger charge is -2.31. The Morgan fingerprint density at radius 3 is 2.04 bits per heavy atom. The Bertz CT molecular complexity index is 541. The van der Waals surface area contributed by atoms with Gasteiger partial charge in [0.1, 0.15) is 5.75 Å². The average Bonchev–Trinajstić information content (AvgIpc) is 2.46. The third kappa shape index (κ3) is 8.21. The molecule has 0 heterocycles. The van der Waals surface area contributed by atoms with Crippen molar-refractivity contribution < 1.29 is 29.8 Å². The van der Waals surface area contributed by atoms with Crippen molar-refractivity contribution in [1.29, 1.82) is 0 Å². The molecule has 0 fully saturated rings. The smallest absolute Gasteiger partial charge is 0.488 e. The second kappa shape index (κ2) is 9.62. The van der Waals surface area contributed by atoms with Crippen molar-refractivity contribution in [2.75, 3.05) is 19.0 Å². The normalized spacial score (nSPS) is 11.1. The number of carbonyl (C=O) groups is 1. The van der Waals surface area contributed by atoms with Crippen molar-refractivity contribution in [3.05, 3.63) is 18.2 Å². The molecular weight excluding hydrogens is 327 g/mol. The maximum atomic E-state index is 11.3. The first kappa shape index (κ1) is 23.2. The van der Waals surface area contributed by atoms with Gasteiger partial charge in [-0.15, -0.1) is 0 Å². The minimum Gasteiger partial charge on any atom is -0.495 e. The second-order valence-corrected chi connectivity index (χ2v) is 6.44. The van der Waals surface area contributed by atoms with Crippen LogP contribution in [0.5, 0.6) is 5.75 Å². The molecule has 0 aliphatic rings. The lowest BCUT2D eigenvalue weighted by molar-refractivity contribution is -0.107. The summed E-state index contributed by atoms with van der Waals surface area (Å²) in [5.74, 6) is 0.363. The first-order valence-corrected chi connectivity index (χ1v) is 7.87. The standard InChI is InChI=1S/C10H15BN2O4.C6H14O2/c1-3-12-10(14)13-8-5-4-7(11(15)16)6-9(8)17-2;1-5(2,7)6(3,4)8/h4-6,15-16H,3H2,1-2H3,(H2,12,13,14);7-8H,1-4H3. The van der Waals surface area contributed by atoms with E-state index in [1.54, 1.807) is 33.8 Å². The van der Waals surface area contributed by atoms with Gasteiger partial charge in [-0.2, -0.15) is 0 Å². The maximum Gasteiger partial charge on any atom is 0.488 e. The van der Waals surface area contributed by atoms with Crippen LogP contribution in [-0.2, 0) is 0 Å². The van der Waals surface area contributed by atoms with E-state index in [9.17, 15) is 4.79 Å². The van der Waals surface area contributed by atoms with Gasteiger partial charge in [-0.25, -0.2) is 4.79 Å². The fourth-order valence-electron chi connectivity index (χ4n) is 1.30. The second-order valence-electron chi connectivity index (χ2n) is 6.44. The highest BCUT2D eigenvalue weighted by molar-refractivity contribution is 6.58. The number of nitrogens with one attached hydrogen (secondary N) is 2. The fraction of sp³-hybridized carbons (Fsp3) is 0.562. The number of ether oxygens (including phenoxy) is 1. The van der Waals surface area contributed by atoms with Crippen LogP contribution in [0.1, 0.15) is 34.6 Å². The molecule has 0 aliphatic carbocycles. The predicted octanol–water partition coefficient (Wildman–Crippen LogP) is 0.0446. The van der Waals surface area contributed by atoms with E-state index in [2.05, 4.69) is 10.6 Å². The molecule has 0 aromatic heterocycles. The minimum atomic E-state index is -1.57. The molecule has 0 spiro atoms. The highest BCUT2D eigenvalue weighted by atomic mass is 16.5. The number of aliphatic hydroxyl groups is 2. The van der Waals surface area contributed by atoms with E-state index in [0.29, 0.717) is 23.4 Å². The first-order valence-electron chi connectivity index (χ1n) is 7.87. The summed E-state index contributed by atoms with van der Waals surface area (Å²) >= 11 is 0. The van der Waals surface area contributed by atoms with Crippen LogP contribution in [0.3, 0.4) is 0 Å². The van der Waals surface area contributed by atoms with Crippen molar-refractivity contribution >= 4 is 24.3 Å². The Morgan fingerprint density at radius 2 is 1.68 bits per heavy atom. The molecule has 0 unspecified atom stereocenters. The van der Waals surface area contributed by atoms with Crippen LogP contribution in [0.15, 0.2) is 18.2 Å². The molecule has 2 amide bonds. The molecule has 0 atom stereocenters. The van der Waals surface area contributed by atoms with Crippen molar-refractivity contribution in [1.82, 2.24) is 5.32 Å². The van der Waals surface area contributed by atoms with Gasteiger partial charge in [0.05, 0.1) is 24.0 Å². The summed E-state index contributed by atoms with van der Waals surface area (Å²) in [5, 5.41) is 41.4. The summed E-state index contributed by atoms with van der Waals surface area (Å²) in [6.45, 7) is 8.63. The average molecular weight is 356 g/mol. The van der Waals surface area contributed by atoms with E-state index >= 15 is 0 Å². The lowest BCUT2D eigenvalue weighted by Crippen LogP contribution is -2.44. The van der Waals surface area contributed by atoms with E-state index in [0.717, 1.165) is 0 Å². The van der Waals surface area contributed by atoms with Crippen molar-refractivity contribution in [2.45, 2.75) is 45.8 Å². The highest BCUT2D eigenvalue weighted by Gasteiger charge is 2.31. The van der Waals surface area contributed by atoms with Crippen LogP contribution < -0.4 is 20.8 Å². The number of hydrogen-bond acceptors (Lipinski definition) is 6. The third-order valence-electron chi connectivity index (χ3n) is 3.61. The van der Waals surface area contributed by atoms with E-state index in [1.807, 2.05) is 6.92 Å². The highest BCUT2D eigenvalue weighted by Crippen LogP contribution is 2.22. The molecule has 0 saturated heterocycles. The zero-order valence-corrected chi connectivity index (χ0v) is 15.6.